The van der Waals surface area contributed by atoms with E-state index in [0.717, 1.165) is 21.3 Å². The van der Waals surface area contributed by atoms with Crippen LogP contribution in [0, 0.1) is 0 Å². The monoisotopic (exact) mass is 484 g/mol. The number of hydrogen-bond donors (Lipinski definition) is 1. The second-order valence-electron chi connectivity index (χ2n) is 7.90. The van der Waals surface area contributed by atoms with Crippen molar-refractivity contribution in [3.63, 3.8) is 0 Å². The first kappa shape index (κ1) is 23.2. The molecule has 1 aromatic carbocycles. The predicted molar refractivity (Wildman–Crippen MR) is 132 cm³/mol. The Morgan fingerprint density at radius 3 is 2.88 bits per heavy atom. The van der Waals surface area contributed by atoms with Gasteiger partial charge in [0.25, 0.3) is 0 Å². The number of benzene rings is 1. The highest BCUT2D eigenvalue weighted by Crippen LogP contribution is 2.25. The number of fused-ring (bicyclic) bond motifs is 1. The van der Waals surface area contributed by atoms with E-state index < -0.39 is 12.1 Å². The lowest BCUT2D eigenvalue weighted by molar-refractivity contribution is -0.155. The highest BCUT2D eigenvalue weighted by molar-refractivity contribution is 7.17. The van der Waals surface area contributed by atoms with E-state index >= 15 is 0 Å². The molecule has 9 heteroatoms. The number of nitrogen functional groups attached to an aromatic ring is 1. The molecule has 4 rings (SSSR count). The van der Waals surface area contributed by atoms with Crippen molar-refractivity contribution in [2.45, 2.75) is 25.6 Å². The van der Waals surface area contributed by atoms with Crippen LogP contribution in [0.5, 0.6) is 0 Å². The van der Waals surface area contributed by atoms with Crippen molar-refractivity contribution < 1.29 is 14.3 Å². The summed E-state index contributed by atoms with van der Waals surface area (Å²) in [5, 5.41) is 0.882. The molecule has 0 saturated carbocycles. The highest BCUT2D eigenvalue weighted by Gasteiger charge is 2.40. The average Bonchev–Trinajstić information content (AvgIpc) is 3.23. The van der Waals surface area contributed by atoms with E-state index in [1.165, 1.54) is 17.4 Å². The Balaban J connectivity index is 1.52. The van der Waals surface area contributed by atoms with Gasteiger partial charge in [0, 0.05) is 55.0 Å². The Morgan fingerprint density at radius 2 is 2.15 bits per heavy atom. The summed E-state index contributed by atoms with van der Waals surface area (Å²) >= 11 is 7.35. The molecule has 2 amide bonds. The van der Waals surface area contributed by atoms with Gasteiger partial charge in [0.2, 0.25) is 11.8 Å². The molecule has 3 aromatic rings. The van der Waals surface area contributed by atoms with Crippen molar-refractivity contribution in [2.75, 3.05) is 25.9 Å². The molecule has 0 aliphatic carbocycles. The molecule has 0 radical (unpaired) electrons. The van der Waals surface area contributed by atoms with Crippen molar-refractivity contribution in [1.82, 2.24) is 14.8 Å². The number of carbonyl (C=O) groups excluding carboxylic acids is 2. The van der Waals surface area contributed by atoms with Crippen LogP contribution in [-0.4, -0.2) is 58.9 Å². The molecule has 1 fully saturated rings. The summed E-state index contributed by atoms with van der Waals surface area (Å²) in [6.07, 6.45) is 4.43. The number of pyridine rings is 1. The number of thiophene rings is 1. The van der Waals surface area contributed by atoms with Gasteiger partial charge < -0.3 is 20.3 Å². The van der Waals surface area contributed by atoms with Crippen molar-refractivity contribution >= 4 is 57.4 Å². The van der Waals surface area contributed by atoms with Crippen molar-refractivity contribution in [1.29, 1.82) is 0 Å². The number of nitrogens with zero attached hydrogens (tertiary/aromatic N) is 3. The number of amides is 2. The van der Waals surface area contributed by atoms with Crippen LogP contribution >= 0.6 is 22.9 Å². The van der Waals surface area contributed by atoms with E-state index in [2.05, 4.69) is 4.98 Å². The van der Waals surface area contributed by atoms with Gasteiger partial charge in [-0.3, -0.25) is 14.6 Å². The number of carbonyl (C=O) groups is 2. The van der Waals surface area contributed by atoms with Crippen molar-refractivity contribution in [3.05, 3.63) is 63.4 Å². The first-order valence-corrected chi connectivity index (χ1v) is 11.8. The maximum absolute atomic E-state index is 13.4. The van der Waals surface area contributed by atoms with Crippen LogP contribution in [0.4, 0.5) is 5.69 Å². The smallest absolute Gasteiger partial charge is 0.248 e. The number of piperazine rings is 1. The van der Waals surface area contributed by atoms with Crippen LogP contribution in [-0.2, 0) is 20.9 Å². The molecule has 7 nitrogen and oxygen atoms in total. The lowest BCUT2D eigenvalue weighted by Crippen LogP contribution is -2.62. The van der Waals surface area contributed by atoms with Gasteiger partial charge in [0.15, 0.2) is 0 Å². The van der Waals surface area contributed by atoms with Gasteiger partial charge in [-0.25, -0.2) is 0 Å². The molecule has 0 bridgehead atoms. The average molecular weight is 485 g/mol. The zero-order valence-electron chi connectivity index (χ0n) is 18.4. The largest absolute Gasteiger partial charge is 0.398 e. The van der Waals surface area contributed by atoms with Gasteiger partial charge in [-0.2, -0.15) is 0 Å². The molecule has 2 aromatic heterocycles. The zero-order chi connectivity index (χ0) is 23.5. The van der Waals surface area contributed by atoms with Gasteiger partial charge >= 0.3 is 0 Å². The first-order chi connectivity index (χ1) is 15.9. The Bertz CT molecular complexity index is 1210. The second kappa shape index (κ2) is 9.91. The van der Waals surface area contributed by atoms with Crippen LogP contribution < -0.4 is 5.73 Å². The molecule has 0 unspecified atom stereocenters. The van der Waals surface area contributed by atoms with Gasteiger partial charge in [-0.05, 0) is 42.8 Å². The highest BCUT2D eigenvalue weighted by atomic mass is 35.5. The topological polar surface area (TPSA) is 88.8 Å². The normalized spacial score (nSPS) is 17.8. The van der Waals surface area contributed by atoms with E-state index in [9.17, 15) is 9.59 Å². The predicted octanol–water partition coefficient (Wildman–Crippen LogP) is 3.82. The fourth-order valence-electron chi connectivity index (χ4n) is 3.99. The van der Waals surface area contributed by atoms with E-state index in [0.29, 0.717) is 29.7 Å². The number of anilines is 1. The third-order valence-corrected chi connectivity index (χ3v) is 7.01. The summed E-state index contributed by atoms with van der Waals surface area (Å²) in [6, 6.07) is 10.5. The standard InChI is InChI=1S/C24H25ClN4O3S/c1-15(32-2)23-24(31)28(14-16-3-6-18-19(26)9-10-27-20(18)13-16)11-12-29(23)22(30)8-5-17-4-7-21(25)33-17/h3-10,13,15,23H,11-12,14H2,1-2H3,(H2,26,27)/t15-,23+/m1/s1. The molecule has 2 N–H and O–H groups in total. The minimum Gasteiger partial charge on any atom is -0.398 e. The second-order valence-corrected chi connectivity index (χ2v) is 9.65. The third-order valence-electron chi connectivity index (χ3n) is 5.81. The summed E-state index contributed by atoms with van der Waals surface area (Å²) in [6.45, 7) is 3.07. The summed E-state index contributed by atoms with van der Waals surface area (Å²) in [4.78, 5) is 35.0. The Kier molecular flexibility index (Phi) is 6.97. The summed E-state index contributed by atoms with van der Waals surface area (Å²) < 4.78 is 6.13. The quantitative estimate of drug-likeness (QED) is 0.537. The molecule has 33 heavy (non-hydrogen) atoms. The zero-order valence-corrected chi connectivity index (χ0v) is 20.0. The molecule has 1 aliphatic rings. The molecular formula is C24H25ClN4O3S. The summed E-state index contributed by atoms with van der Waals surface area (Å²) in [7, 11) is 1.54. The Hall–Kier alpha value is -2.94. The van der Waals surface area contributed by atoms with Crippen molar-refractivity contribution in [3.8, 4) is 0 Å². The van der Waals surface area contributed by atoms with E-state index in [4.69, 9.17) is 22.1 Å². The third kappa shape index (κ3) is 5.03. The number of ether oxygens (including phenoxy) is 1. The molecule has 1 aliphatic heterocycles. The van der Waals surface area contributed by atoms with E-state index in [1.54, 1.807) is 48.2 Å². The fourth-order valence-corrected chi connectivity index (χ4v) is 4.95. The lowest BCUT2D eigenvalue weighted by Gasteiger charge is -2.42. The SMILES string of the molecule is CO[C@H](C)[C@H]1C(=O)N(Cc2ccc3c(N)ccnc3c2)CCN1C(=O)C=Cc1ccc(Cl)s1. The molecule has 1 saturated heterocycles. The number of hydrogen-bond acceptors (Lipinski definition) is 6. The number of nitrogens with two attached hydrogens (primary N) is 1. The molecular weight excluding hydrogens is 460 g/mol. The molecule has 172 valence electrons. The summed E-state index contributed by atoms with van der Waals surface area (Å²) in [5.74, 6) is -0.371. The summed E-state index contributed by atoms with van der Waals surface area (Å²) in [5.41, 5.74) is 8.42. The maximum Gasteiger partial charge on any atom is 0.248 e. The molecule has 3 heterocycles. The minimum absolute atomic E-state index is 0.142. The van der Waals surface area contributed by atoms with E-state index in [-0.39, 0.29) is 11.8 Å². The van der Waals surface area contributed by atoms with Crippen molar-refractivity contribution in [2.24, 2.45) is 0 Å². The van der Waals surface area contributed by atoms with Gasteiger partial charge in [0.1, 0.15) is 6.04 Å². The van der Waals surface area contributed by atoms with Gasteiger partial charge in [0.05, 0.1) is 16.0 Å². The Labute approximate surface area is 201 Å². The van der Waals surface area contributed by atoms with Crippen LogP contribution in [0.1, 0.15) is 17.4 Å². The van der Waals surface area contributed by atoms with Crippen LogP contribution in [0.2, 0.25) is 4.34 Å². The van der Waals surface area contributed by atoms with Crippen LogP contribution in [0.15, 0.2) is 48.7 Å². The van der Waals surface area contributed by atoms with E-state index in [1.807, 2.05) is 24.3 Å². The lowest BCUT2D eigenvalue weighted by atomic mass is 10.0. The molecule has 2 atom stereocenters. The number of methoxy groups -OCH3 is 1. The number of rotatable bonds is 6. The minimum atomic E-state index is -0.706. The number of aromatic nitrogens is 1. The van der Waals surface area contributed by atoms with Gasteiger partial charge in [-0.1, -0.05) is 23.7 Å². The fraction of sp³-hybridized carbons (Fsp3) is 0.292. The van der Waals surface area contributed by atoms with Gasteiger partial charge in [-0.15, -0.1) is 11.3 Å². The number of halogens is 1. The van der Waals surface area contributed by atoms with Crippen LogP contribution in [0.3, 0.4) is 0 Å². The Morgan fingerprint density at radius 1 is 1.33 bits per heavy atom. The maximum atomic E-state index is 13.4. The van der Waals surface area contributed by atoms with Crippen LogP contribution in [0.25, 0.3) is 17.0 Å². The first-order valence-electron chi connectivity index (χ1n) is 10.6. The molecule has 0 spiro atoms.